The monoisotopic (exact) mass is 395 g/mol. The van der Waals surface area contributed by atoms with Crippen LogP contribution < -0.4 is 10.9 Å². The number of nitrogens with zero attached hydrogens (tertiary/aromatic N) is 3. The fourth-order valence-electron chi connectivity index (χ4n) is 2.30. The molecule has 0 amide bonds. The molecular formula is C16H21N5OS3. The van der Waals surface area contributed by atoms with Crippen molar-refractivity contribution in [3.63, 3.8) is 0 Å². The minimum atomic E-state index is -0.0679. The Balaban J connectivity index is 1.83. The van der Waals surface area contributed by atoms with E-state index in [0.717, 1.165) is 24.7 Å². The first-order valence-electron chi connectivity index (χ1n) is 7.92. The summed E-state index contributed by atoms with van der Waals surface area (Å²) < 4.78 is 0.848. The van der Waals surface area contributed by atoms with E-state index in [2.05, 4.69) is 46.3 Å². The van der Waals surface area contributed by atoms with Crippen LogP contribution in [-0.4, -0.2) is 25.7 Å². The second-order valence-electron chi connectivity index (χ2n) is 6.92. The van der Waals surface area contributed by atoms with Gasteiger partial charge in [0, 0.05) is 10.4 Å². The van der Waals surface area contributed by atoms with Gasteiger partial charge in [-0.15, -0.1) is 21.5 Å². The number of nitrogens with one attached hydrogen (secondary N) is 2. The van der Waals surface area contributed by atoms with Crippen molar-refractivity contribution in [2.75, 3.05) is 5.32 Å². The molecule has 25 heavy (non-hydrogen) atoms. The fourth-order valence-corrected chi connectivity index (χ4v) is 5.50. The van der Waals surface area contributed by atoms with Crippen LogP contribution in [0.2, 0.25) is 0 Å². The second kappa shape index (κ2) is 6.69. The lowest BCUT2D eigenvalue weighted by Gasteiger charge is -2.18. The maximum absolute atomic E-state index is 12.4. The van der Waals surface area contributed by atoms with Gasteiger partial charge >= 0.3 is 0 Å². The zero-order valence-electron chi connectivity index (χ0n) is 15.1. The SMILES string of the molecule is Cc1sc2nc([C@@H](C)Sc3nnc(NC(C)(C)C)s3)[nH]c(=O)c2c1C. The number of hydrogen-bond acceptors (Lipinski definition) is 8. The molecule has 0 saturated heterocycles. The van der Waals surface area contributed by atoms with E-state index in [4.69, 9.17) is 0 Å². The summed E-state index contributed by atoms with van der Waals surface area (Å²) in [7, 11) is 0. The molecule has 6 nitrogen and oxygen atoms in total. The first-order chi connectivity index (χ1) is 11.6. The summed E-state index contributed by atoms with van der Waals surface area (Å²) in [5.41, 5.74) is 0.893. The van der Waals surface area contributed by atoms with Crippen LogP contribution in [0, 0.1) is 13.8 Å². The number of thiophene rings is 1. The first-order valence-corrected chi connectivity index (χ1v) is 10.4. The van der Waals surface area contributed by atoms with E-state index in [1.54, 1.807) is 23.1 Å². The largest absolute Gasteiger partial charge is 0.355 e. The third-order valence-corrected chi connectivity index (χ3v) is 6.74. The molecule has 0 aromatic carbocycles. The van der Waals surface area contributed by atoms with Gasteiger partial charge in [-0.3, -0.25) is 4.79 Å². The average molecular weight is 396 g/mol. The van der Waals surface area contributed by atoms with E-state index < -0.39 is 0 Å². The van der Waals surface area contributed by atoms with Gasteiger partial charge in [0.25, 0.3) is 5.56 Å². The molecule has 3 heterocycles. The topological polar surface area (TPSA) is 83.6 Å². The van der Waals surface area contributed by atoms with E-state index in [0.29, 0.717) is 11.2 Å². The molecule has 2 N–H and O–H groups in total. The van der Waals surface area contributed by atoms with Crippen LogP contribution in [0.15, 0.2) is 9.13 Å². The third-order valence-electron chi connectivity index (χ3n) is 3.61. The van der Waals surface area contributed by atoms with Crippen molar-refractivity contribution in [3.8, 4) is 0 Å². The molecule has 3 aromatic rings. The molecule has 1 atom stereocenters. The molecule has 0 aliphatic heterocycles. The molecule has 3 aromatic heterocycles. The standard InChI is InChI=1S/C16H21N5OS3/c1-7-8(2)23-13-10(7)12(22)17-11(18-13)9(3)24-15-21-20-14(25-15)19-16(4,5)6/h9H,1-6H3,(H,19,20)(H,17,18,22)/t9-/m1/s1. The Bertz CT molecular complexity index is 966. The molecular weight excluding hydrogens is 374 g/mol. The number of aryl methyl sites for hydroxylation is 2. The molecule has 0 radical (unpaired) electrons. The summed E-state index contributed by atoms with van der Waals surface area (Å²) in [6.07, 6.45) is 0. The first kappa shape index (κ1) is 18.3. The van der Waals surface area contributed by atoms with E-state index >= 15 is 0 Å². The lowest BCUT2D eigenvalue weighted by atomic mass is 10.1. The highest BCUT2D eigenvalue weighted by Crippen LogP contribution is 2.37. The van der Waals surface area contributed by atoms with Crippen LogP contribution in [0.4, 0.5) is 5.13 Å². The Hall–Kier alpha value is -1.45. The van der Waals surface area contributed by atoms with Gasteiger partial charge < -0.3 is 10.3 Å². The van der Waals surface area contributed by atoms with E-state index in [1.165, 1.54) is 11.3 Å². The van der Waals surface area contributed by atoms with Gasteiger partial charge in [0.1, 0.15) is 10.7 Å². The quantitative estimate of drug-likeness (QED) is 0.632. The maximum atomic E-state index is 12.4. The minimum Gasteiger partial charge on any atom is -0.355 e. The molecule has 0 saturated carbocycles. The van der Waals surface area contributed by atoms with Crippen molar-refractivity contribution in [2.45, 2.75) is 56.7 Å². The van der Waals surface area contributed by atoms with Gasteiger partial charge in [0.15, 0.2) is 4.34 Å². The number of hydrogen-bond donors (Lipinski definition) is 2. The molecule has 0 aliphatic carbocycles. The van der Waals surface area contributed by atoms with Crippen LogP contribution in [0.3, 0.4) is 0 Å². The van der Waals surface area contributed by atoms with Crippen LogP contribution >= 0.6 is 34.4 Å². The van der Waals surface area contributed by atoms with Crippen LogP contribution in [0.5, 0.6) is 0 Å². The van der Waals surface area contributed by atoms with E-state index in [9.17, 15) is 4.79 Å². The number of anilines is 1. The van der Waals surface area contributed by atoms with Gasteiger partial charge in [0.2, 0.25) is 5.13 Å². The number of aromatic nitrogens is 4. The smallest absolute Gasteiger partial charge is 0.259 e. The van der Waals surface area contributed by atoms with Crippen molar-refractivity contribution in [2.24, 2.45) is 0 Å². The molecule has 0 bridgehead atoms. The predicted molar refractivity (Wildman–Crippen MR) is 107 cm³/mol. The molecule has 0 aliphatic rings. The highest BCUT2D eigenvalue weighted by Gasteiger charge is 2.19. The number of H-pyrrole nitrogens is 1. The predicted octanol–water partition coefficient (Wildman–Crippen LogP) is 4.52. The Morgan fingerprint density at radius 3 is 2.60 bits per heavy atom. The third kappa shape index (κ3) is 4.04. The average Bonchev–Trinajstić information content (AvgIpc) is 3.02. The van der Waals surface area contributed by atoms with Crippen molar-refractivity contribution in [1.82, 2.24) is 20.2 Å². The highest BCUT2D eigenvalue weighted by molar-refractivity contribution is 8.01. The van der Waals surface area contributed by atoms with Crippen LogP contribution in [0.25, 0.3) is 10.2 Å². The maximum Gasteiger partial charge on any atom is 0.259 e. The molecule has 3 rings (SSSR count). The number of thioether (sulfide) groups is 1. The molecule has 134 valence electrons. The summed E-state index contributed by atoms with van der Waals surface area (Å²) in [4.78, 5) is 21.9. The Morgan fingerprint density at radius 1 is 1.20 bits per heavy atom. The minimum absolute atomic E-state index is 0.0183. The van der Waals surface area contributed by atoms with Crippen molar-refractivity contribution in [3.05, 3.63) is 26.6 Å². The van der Waals surface area contributed by atoms with Gasteiger partial charge in [-0.05, 0) is 47.1 Å². The number of fused-ring (bicyclic) bond motifs is 1. The lowest BCUT2D eigenvalue weighted by molar-refractivity contribution is 0.631. The Labute approximate surface area is 158 Å². The summed E-state index contributed by atoms with van der Waals surface area (Å²) >= 11 is 4.62. The second-order valence-corrected chi connectivity index (χ2v) is 10.7. The zero-order valence-corrected chi connectivity index (χ0v) is 17.5. The summed E-state index contributed by atoms with van der Waals surface area (Å²) in [6, 6.07) is 0. The van der Waals surface area contributed by atoms with Crippen molar-refractivity contribution in [1.29, 1.82) is 0 Å². The van der Waals surface area contributed by atoms with Gasteiger partial charge in [-0.2, -0.15) is 0 Å². The highest BCUT2D eigenvalue weighted by atomic mass is 32.2. The number of aromatic amines is 1. The Kier molecular flexibility index (Phi) is 4.91. The molecule has 0 unspecified atom stereocenters. The fraction of sp³-hybridized carbons (Fsp3) is 0.500. The van der Waals surface area contributed by atoms with E-state index in [-0.39, 0.29) is 16.3 Å². The normalized spacial score (nSPS) is 13.4. The summed E-state index contributed by atoms with van der Waals surface area (Å²) in [6.45, 7) is 12.2. The summed E-state index contributed by atoms with van der Waals surface area (Å²) in [5, 5.41) is 13.2. The molecule has 0 fully saturated rings. The van der Waals surface area contributed by atoms with Crippen molar-refractivity contribution < 1.29 is 0 Å². The zero-order chi connectivity index (χ0) is 18.4. The molecule has 9 heteroatoms. The van der Waals surface area contributed by atoms with Gasteiger partial charge in [-0.1, -0.05) is 23.1 Å². The van der Waals surface area contributed by atoms with Gasteiger partial charge in [0.05, 0.1) is 10.6 Å². The van der Waals surface area contributed by atoms with Crippen LogP contribution in [0.1, 0.15) is 49.2 Å². The lowest BCUT2D eigenvalue weighted by Crippen LogP contribution is -2.25. The van der Waals surface area contributed by atoms with Gasteiger partial charge in [-0.25, -0.2) is 4.98 Å². The van der Waals surface area contributed by atoms with Crippen molar-refractivity contribution >= 4 is 49.8 Å². The van der Waals surface area contributed by atoms with E-state index in [1.807, 2.05) is 20.8 Å². The number of rotatable bonds is 4. The Morgan fingerprint density at radius 2 is 1.92 bits per heavy atom. The molecule has 0 spiro atoms. The summed E-state index contributed by atoms with van der Waals surface area (Å²) in [5.74, 6) is 0.671. The van der Waals surface area contributed by atoms with Crippen LogP contribution in [-0.2, 0) is 0 Å².